The number of carbonyl (C=O) groups excluding carboxylic acids is 1. The minimum Gasteiger partial charge on any atom is -0.441 e. The fraction of sp³-hybridized carbons (Fsp3) is 0.444. The maximum Gasteiger partial charge on any atom is 0.228 e. The summed E-state index contributed by atoms with van der Waals surface area (Å²) >= 11 is 0. The summed E-state index contributed by atoms with van der Waals surface area (Å²) in [5, 5.41) is 0. The number of rotatable bonds is 3. The van der Waals surface area contributed by atoms with Crippen LogP contribution in [0.5, 0.6) is 0 Å². The number of aromatic nitrogens is 1. The van der Waals surface area contributed by atoms with Crippen LogP contribution in [-0.4, -0.2) is 53.9 Å². The van der Waals surface area contributed by atoms with Gasteiger partial charge < -0.3 is 14.2 Å². The quantitative estimate of drug-likeness (QED) is 0.873. The zero-order valence-electron chi connectivity index (χ0n) is 13.8. The van der Waals surface area contributed by atoms with Gasteiger partial charge in [-0.25, -0.2) is 4.98 Å². The molecule has 122 valence electrons. The van der Waals surface area contributed by atoms with Crippen LogP contribution in [0.4, 0.5) is 0 Å². The van der Waals surface area contributed by atoms with Gasteiger partial charge >= 0.3 is 0 Å². The van der Waals surface area contributed by atoms with E-state index < -0.39 is 0 Å². The molecule has 1 fully saturated rings. The fourth-order valence-electron chi connectivity index (χ4n) is 2.85. The number of hydrogen-bond acceptors (Lipinski definition) is 4. The van der Waals surface area contributed by atoms with Crippen molar-refractivity contribution < 1.29 is 9.21 Å². The molecule has 0 spiro atoms. The number of carbonyl (C=O) groups is 1. The van der Waals surface area contributed by atoms with E-state index in [-0.39, 0.29) is 5.91 Å². The molecule has 2 heterocycles. The maximum atomic E-state index is 12.6. The normalized spacial score (nSPS) is 16.3. The van der Waals surface area contributed by atoms with E-state index in [1.165, 1.54) is 0 Å². The van der Waals surface area contributed by atoms with Crippen LogP contribution in [0.2, 0.25) is 0 Å². The lowest BCUT2D eigenvalue weighted by molar-refractivity contribution is -0.130. The Morgan fingerprint density at radius 3 is 2.74 bits per heavy atom. The molecule has 0 N–H and O–H groups in total. The first-order valence-electron chi connectivity index (χ1n) is 8.11. The van der Waals surface area contributed by atoms with Crippen LogP contribution in [0.3, 0.4) is 0 Å². The summed E-state index contributed by atoms with van der Waals surface area (Å²) in [6, 6.07) is 9.78. The molecule has 5 nitrogen and oxygen atoms in total. The van der Waals surface area contributed by atoms with Gasteiger partial charge in [-0.3, -0.25) is 4.79 Å². The van der Waals surface area contributed by atoms with E-state index in [9.17, 15) is 4.79 Å². The SMILES string of the molecule is Cc1oc(-c2ccccc2)nc1CC(=O)N1CCCN(C)CC1. The lowest BCUT2D eigenvalue weighted by Crippen LogP contribution is -2.35. The van der Waals surface area contributed by atoms with E-state index in [0.717, 1.165) is 49.6 Å². The summed E-state index contributed by atoms with van der Waals surface area (Å²) < 4.78 is 5.74. The molecule has 0 unspecified atom stereocenters. The molecule has 1 aliphatic heterocycles. The third-order valence-corrected chi connectivity index (χ3v) is 4.30. The molecular formula is C18H23N3O2. The van der Waals surface area contributed by atoms with Crippen molar-refractivity contribution >= 4 is 5.91 Å². The number of amides is 1. The highest BCUT2D eigenvalue weighted by Crippen LogP contribution is 2.22. The Hall–Kier alpha value is -2.14. The predicted octanol–water partition coefficient (Wildman–Crippen LogP) is 2.36. The number of aryl methyl sites for hydroxylation is 1. The van der Waals surface area contributed by atoms with Crippen molar-refractivity contribution in [2.24, 2.45) is 0 Å². The Labute approximate surface area is 136 Å². The largest absolute Gasteiger partial charge is 0.441 e. The minimum atomic E-state index is 0.135. The number of oxazole rings is 1. The van der Waals surface area contributed by atoms with Crippen LogP contribution in [0, 0.1) is 6.92 Å². The molecule has 23 heavy (non-hydrogen) atoms. The summed E-state index contributed by atoms with van der Waals surface area (Å²) in [6.07, 6.45) is 1.33. The average Bonchev–Trinajstić information content (AvgIpc) is 2.78. The molecule has 1 aromatic carbocycles. The molecule has 2 aromatic rings. The third-order valence-electron chi connectivity index (χ3n) is 4.30. The van der Waals surface area contributed by atoms with Gasteiger partial charge in [-0.15, -0.1) is 0 Å². The average molecular weight is 313 g/mol. The predicted molar refractivity (Wildman–Crippen MR) is 89.1 cm³/mol. The van der Waals surface area contributed by atoms with Gasteiger partial charge in [0, 0.05) is 25.2 Å². The molecule has 1 aromatic heterocycles. The Morgan fingerprint density at radius 2 is 1.96 bits per heavy atom. The molecule has 5 heteroatoms. The lowest BCUT2D eigenvalue weighted by Gasteiger charge is -2.20. The van der Waals surface area contributed by atoms with Crippen LogP contribution in [0.25, 0.3) is 11.5 Å². The van der Waals surface area contributed by atoms with Crippen LogP contribution in [-0.2, 0) is 11.2 Å². The van der Waals surface area contributed by atoms with E-state index in [4.69, 9.17) is 4.42 Å². The Morgan fingerprint density at radius 1 is 1.17 bits per heavy atom. The van der Waals surface area contributed by atoms with Gasteiger partial charge in [0.05, 0.1) is 12.1 Å². The molecule has 1 aliphatic rings. The topological polar surface area (TPSA) is 49.6 Å². The Kier molecular flexibility index (Phi) is 4.76. The molecule has 0 radical (unpaired) electrons. The second kappa shape index (κ2) is 6.96. The molecule has 0 atom stereocenters. The summed E-state index contributed by atoms with van der Waals surface area (Å²) in [5.74, 6) is 1.45. The van der Waals surface area contributed by atoms with Gasteiger partial charge in [-0.05, 0) is 39.1 Å². The van der Waals surface area contributed by atoms with Crippen LogP contribution < -0.4 is 0 Å². The van der Waals surface area contributed by atoms with Crippen LogP contribution in [0.1, 0.15) is 17.9 Å². The van der Waals surface area contributed by atoms with Crippen molar-refractivity contribution in [1.82, 2.24) is 14.8 Å². The van der Waals surface area contributed by atoms with Crippen molar-refractivity contribution in [2.75, 3.05) is 33.2 Å². The number of benzene rings is 1. The molecule has 1 amide bonds. The maximum absolute atomic E-state index is 12.6. The van der Waals surface area contributed by atoms with E-state index >= 15 is 0 Å². The van der Waals surface area contributed by atoms with Gasteiger partial charge in [0.15, 0.2) is 0 Å². The molecule has 0 bridgehead atoms. The zero-order chi connectivity index (χ0) is 16.2. The first-order valence-corrected chi connectivity index (χ1v) is 8.11. The number of hydrogen-bond donors (Lipinski definition) is 0. The molecule has 0 aliphatic carbocycles. The summed E-state index contributed by atoms with van der Waals surface area (Å²) in [6.45, 7) is 5.46. The second-order valence-electron chi connectivity index (χ2n) is 6.10. The van der Waals surface area contributed by atoms with Crippen LogP contribution >= 0.6 is 0 Å². The third kappa shape index (κ3) is 3.79. The standard InChI is InChI=1S/C18H23N3O2/c1-14-16(19-18(23-14)15-7-4-3-5-8-15)13-17(22)21-10-6-9-20(2)11-12-21/h3-5,7-8H,6,9-13H2,1-2H3. The number of likely N-dealkylation sites (N-methyl/N-ethyl adjacent to an activating group) is 1. The van der Waals surface area contributed by atoms with E-state index in [1.54, 1.807) is 0 Å². The first kappa shape index (κ1) is 15.7. The van der Waals surface area contributed by atoms with Crippen LogP contribution in [0.15, 0.2) is 34.7 Å². The zero-order valence-corrected chi connectivity index (χ0v) is 13.8. The van der Waals surface area contributed by atoms with Gasteiger partial charge in [0.1, 0.15) is 5.76 Å². The number of nitrogens with zero attached hydrogens (tertiary/aromatic N) is 3. The molecule has 1 saturated heterocycles. The van der Waals surface area contributed by atoms with E-state index in [1.807, 2.05) is 42.2 Å². The van der Waals surface area contributed by atoms with E-state index in [0.29, 0.717) is 12.3 Å². The molecule has 0 saturated carbocycles. The Bertz CT molecular complexity index is 666. The first-order chi connectivity index (χ1) is 11.1. The van der Waals surface area contributed by atoms with Crippen molar-refractivity contribution in [3.05, 3.63) is 41.8 Å². The highest BCUT2D eigenvalue weighted by atomic mass is 16.4. The van der Waals surface area contributed by atoms with Gasteiger partial charge in [0.25, 0.3) is 0 Å². The monoisotopic (exact) mass is 313 g/mol. The van der Waals surface area contributed by atoms with E-state index in [2.05, 4.69) is 16.9 Å². The van der Waals surface area contributed by atoms with Crippen molar-refractivity contribution in [3.63, 3.8) is 0 Å². The molecule has 3 rings (SSSR count). The van der Waals surface area contributed by atoms with Crippen molar-refractivity contribution in [1.29, 1.82) is 0 Å². The summed E-state index contributed by atoms with van der Waals surface area (Å²) in [7, 11) is 2.10. The smallest absolute Gasteiger partial charge is 0.228 e. The highest BCUT2D eigenvalue weighted by Gasteiger charge is 2.21. The van der Waals surface area contributed by atoms with Gasteiger partial charge in [-0.1, -0.05) is 18.2 Å². The van der Waals surface area contributed by atoms with Crippen molar-refractivity contribution in [2.45, 2.75) is 19.8 Å². The van der Waals surface area contributed by atoms with Gasteiger partial charge in [-0.2, -0.15) is 0 Å². The fourth-order valence-corrected chi connectivity index (χ4v) is 2.85. The highest BCUT2D eigenvalue weighted by molar-refractivity contribution is 5.78. The van der Waals surface area contributed by atoms with Gasteiger partial charge in [0.2, 0.25) is 11.8 Å². The minimum absolute atomic E-state index is 0.135. The lowest BCUT2D eigenvalue weighted by atomic mass is 10.2. The summed E-state index contributed by atoms with van der Waals surface area (Å²) in [4.78, 5) is 21.3. The second-order valence-corrected chi connectivity index (χ2v) is 6.10. The Balaban J connectivity index is 1.70. The van der Waals surface area contributed by atoms with Crippen molar-refractivity contribution in [3.8, 4) is 11.5 Å². The summed E-state index contributed by atoms with van der Waals surface area (Å²) in [5.41, 5.74) is 1.68. The molecular weight excluding hydrogens is 290 g/mol.